The molecule has 0 fully saturated rings. The molecule has 0 saturated carbocycles. The van der Waals surface area contributed by atoms with E-state index in [1.54, 1.807) is 12.2 Å². The van der Waals surface area contributed by atoms with Gasteiger partial charge in [0.2, 0.25) is 0 Å². The van der Waals surface area contributed by atoms with Crippen LogP contribution in [0.2, 0.25) is 0 Å². The molecule has 1 unspecified atom stereocenters. The van der Waals surface area contributed by atoms with Gasteiger partial charge in [0.15, 0.2) is 16.4 Å². The Morgan fingerprint density at radius 3 is 3.05 bits per heavy atom. The normalized spacial score (nSPS) is 25.9. The maximum atomic E-state index is 14.2. The van der Waals surface area contributed by atoms with Crippen molar-refractivity contribution in [1.82, 2.24) is 0 Å². The van der Waals surface area contributed by atoms with Gasteiger partial charge in [-0.25, -0.2) is 4.39 Å². The van der Waals surface area contributed by atoms with Crippen LogP contribution in [0.25, 0.3) is 0 Å². The van der Waals surface area contributed by atoms with Crippen LogP contribution in [0.15, 0.2) is 51.9 Å². The highest BCUT2D eigenvalue weighted by Crippen LogP contribution is 2.26. The van der Waals surface area contributed by atoms with Gasteiger partial charge in [-0.1, -0.05) is 12.2 Å². The summed E-state index contributed by atoms with van der Waals surface area (Å²) in [6.45, 7) is 0.600. The van der Waals surface area contributed by atoms with E-state index in [0.29, 0.717) is 41.5 Å². The number of nitrogens with zero attached hydrogens (tertiary/aromatic N) is 1. The van der Waals surface area contributed by atoms with E-state index in [0.717, 1.165) is 6.42 Å². The van der Waals surface area contributed by atoms with Crippen molar-refractivity contribution in [1.29, 1.82) is 0 Å². The molecule has 112 valence electrons. The number of halogens is 1. The molecule has 1 heterocycles. The molecule has 2 aliphatic rings. The van der Waals surface area contributed by atoms with Crippen LogP contribution in [0.3, 0.4) is 0 Å². The third-order valence-corrected chi connectivity index (χ3v) is 3.70. The summed E-state index contributed by atoms with van der Waals surface area (Å²) in [5.41, 5.74) is 6.03. The lowest BCUT2D eigenvalue weighted by molar-refractivity contribution is -0.104. The van der Waals surface area contributed by atoms with Crippen molar-refractivity contribution in [2.75, 3.05) is 6.54 Å². The van der Waals surface area contributed by atoms with Crippen LogP contribution in [0.5, 0.6) is 0 Å². The Bertz CT molecular complexity index is 550. The number of amidine groups is 1. The first-order chi connectivity index (χ1) is 10.2. The number of nitrogens with two attached hydrogens (primary N) is 1. The number of allylic oxidation sites excluding steroid dienone is 4. The van der Waals surface area contributed by atoms with E-state index < -0.39 is 11.9 Å². The van der Waals surface area contributed by atoms with Crippen molar-refractivity contribution in [2.45, 2.75) is 25.4 Å². The van der Waals surface area contributed by atoms with Crippen molar-refractivity contribution >= 4 is 23.2 Å². The van der Waals surface area contributed by atoms with Gasteiger partial charge in [-0.3, -0.25) is 9.79 Å². The Balaban J connectivity index is 2.16. The highest BCUT2D eigenvalue weighted by molar-refractivity contribution is 8.16. The average molecular weight is 308 g/mol. The number of thioether (sulfide) groups is 1. The van der Waals surface area contributed by atoms with E-state index in [1.165, 1.54) is 17.8 Å². The van der Waals surface area contributed by atoms with E-state index in [1.807, 2.05) is 12.2 Å². The summed E-state index contributed by atoms with van der Waals surface area (Å²) in [5, 5.41) is 0.937. The number of ether oxygens (including phenoxy) is 1. The molecule has 0 aromatic rings. The van der Waals surface area contributed by atoms with Crippen molar-refractivity contribution in [3.8, 4) is 0 Å². The lowest BCUT2D eigenvalue weighted by Crippen LogP contribution is -2.12. The second-order valence-electron chi connectivity index (χ2n) is 4.53. The molecule has 4 nitrogen and oxygen atoms in total. The molecular weight excluding hydrogens is 291 g/mol. The molecule has 6 heteroatoms. The van der Waals surface area contributed by atoms with Crippen LogP contribution in [-0.4, -0.2) is 24.1 Å². The van der Waals surface area contributed by atoms with E-state index in [-0.39, 0.29) is 0 Å². The van der Waals surface area contributed by atoms with Crippen LogP contribution >= 0.6 is 11.8 Å². The molecule has 0 bridgehead atoms. The van der Waals surface area contributed by atoms with Gasteiger partial charge < -0.3 is 10.5 Å². The molecule has 2 N–H and O–H groups in total. The first-order valence-corrected chi connectivity index (χ1v) is 7.54. The van der Waals surface area contributed by atoms with Gasteiger partial charge in [0, 0.05) is 12.1 Å². The lowest BCUT2D eigenvalue weighted by atomic mass is 10.2. The highest BCUT2D eigenvalue weighted by atomic mass is 32.2. The van der Waals surface area contributed by atoms with Crippen molar-refractivity contribution in [2.24, 2.45) is 10.7 Å². The van der Waals surface area contributed by atoms with Gasteiger partial charge >= 0.3 is 0 Å². The Kier molecular flexibility index (Phi) is 5.80. The summed E-state index contributed by atoms with van der Waals surface area (Å²) >= 11 is 1.18. The van der Waals surface area contributed by atoms with Crippen LogP contribution < -0.4 is 5.73 Å². The molecule has 0 aromatic carbocycles. The summed E-state index contributed by atoms with van der Waals surface area (Å²) in [5.74, 6) is -0.507. The monoisotopic (exact) mass is 308 g/mol. The molecule has 0 amide bonds. The molecule has 1 aliphatic heterocycles. The van der Waals surface area contributed by atoms with Crippen LogP contribution in [0.1, 0.15) is 19.3 Å². The predicted octanol–water partition coefficient (Wildman–Crippen LogP) is 2.99. The fraction of sp³-hybridized carbons (Fsp3) is 0.333. The van der Waals surface area contributed by atoms with E-state index in [4.69, 9.17) is 10.5 Å². The summed E-state index contributed by atoms with van der Waals surface area (Å²) in [6.07, 6.45) is 10.2. The Morgan fingerprint density at radius 1 is 1.38 bits per heavy atom. The Hall–Kier alpha value is -1.82. The van der Waals surface area contributed by atoms with Gasteiger partial charge in [-0.05, 0) is 49.3 Å². The van der Waals surface area contributed by atoms with Gasteiger partial charge in [-0.2, -0.15) is 0 Å². The van der Waals surface area contributed by atoms with Crippen molar-refractivity contribution in [3.05, 3.63) is 46.9 Å². The summed E-state index contributed by atoms with van der Waals surface area (Å²) < 4.78 is 19.9. The minimum Gasteiger partial charge on any atom is -0.473 e. The molecule has 0 saturated heterocycles. The third-order valence-electron chi connectivity index (χ3n) is 2.89. The zero-order valence-corrected chi connectivity index (χ0v) is 12.3. The molecule has 2 rings (SSSR count). The van der Waals surface area contributed by atoms with Crippen LogP contribution in [0.4, 0.5) is 4.39 Å². The second-order valence-corrected chi connectivity index (χ2v) is 5.55. The molecule has 0 spiro atoms. The number of hydrogen-bond acceptors (Lipinski definition) is 5. The Labute approximate surface area is 127 Å². The molecule has 21 heavy (non-hydrogen) atoms. The lowest BCUT2D eigenvalue weighted by Gasteiger charge is -2.15. The quantitative estimate of drug-likeness (QED) is 0.643. The number of hydrogen-bond donors (Lipinski definition) is 1. The third kappa shape index (κ3) is 4.90. The van der Waals surface area contributed by atoms with Gasteiger partial charge in [0.05, 0.1) is 0 Å². The first kappa shape index (κ1) is 15.6. The Morgan fingerprint density at radius 2 is 2.24 bits per heavy atom. The maximum Gasteiger partial charge on any atom is 0.169 e. The number of carbonyl (C=O) groups is 1. The smallest absolute Gasteiger partial charge is 0.169 e. The van der Waals surface area contributed by atoms with E-state index in [2.05, 4.69) is 4.99 Å². The average Bonchev–Trinajstić information content (AvgIpc) is 2.62. The molecule has 1 atom stereocenters. The zero-order valence-electron chi connectivity index (χ0n) is 11.5. The predicted molar refractivity (Wildman–Crippen MR) is 83.4 cm³/mol. The fourth-order valence-corrected chi connectivity index (χ4v) is 2.58. The molecule has 1 aliphatic carbocycles. The zero-order chi connectivity index (χ0) is 15.1. The summed E-state index contributed by atoms with van der Waals surface area (Å²) in [6, 6.07) is 0. The van der Waals surface area contributed by atoms with Gasteiger partial charge in [-0.15, -0.1) is 0 Å². The topological polar surface area (TPSA) is 64.7 Å². The molecule has 0 aromatic heterocycles. The minimum absolute atomic E-state index is 0.327. The SMILES string of the molecule is NC1=NCCC=C(OC2C=CCCC=C(C=O)/C=C\2F)S1. The van der Waals surface area contributed by atoms with Crippen LogP contribution in [0, 0.1) is 0 Å². The van der Waals surface area contributed by atoms with E-state index >= 15 is 0 Å². The van der Waals surface area contributed by atoms with Gasteiger partial charge in [0.1, 0.15) is 12.1 Å². The van der Waals surface area contributed by atoms with Crippen molar-refractivity contribution in [3.63, 3.8) is 0 Å². The maximum absolute atomic E-state index is 14.2. The van der Waals surface area contributed by atoms with Crippen molar-refractivity contribution < 1.29 is 13.9 Å². The highest BCUT2D eigenvalue weighted by Gasteiger charge is 2.17. The molecular formula is C15H17FN2O2S. The number of carbonyl (C=O) groups excluding carboxylic acids is 1. The van der Waals surface area contributed by atoms with E-state index in [9.17, 15) is 9.18 Å². The molecule has 0 radical (unpaired) electrons. The number of aldehydes is 1. The summed E-state index contributed by atoms with van der Waals surface area (Å²) in [7, 11) is 0. The largest absolute Gasteiger partial charge is 0.473 e. The first-order valence-electron chi connectivity index (χ1n) is 6.72. The van der Waals surface area contributed by atoms with Gasteiger partial charge in [0.25, 0.3) is 0 Å². The standard InChI is InChI=1S/C15H17FN2O2S/c16-12-9-11(10-19)5-2-1-3-6-13(12)20-14-7-4-8-18-15(17)21-14/h3,5-7,9-10,13H,1-2,4,8H2,(H2,17,18)/b6-3?,11-5?,12-9+. The second kappa shape index (κ2) is 7.83. The summed E-state index contributed by atoms with van der Waals surface area (Å²) in [4.78, 5) is 15.0. The number of aliphatic imine (C=N–C) groups is 1. The minimum atomic E-state index is -0.851. The fourth-order valence-electron chi connectivity index (χ4n) is 1.87. The number of rotatable bonds is 3. The van der Waals surface area contributed by atoms with Crippen LogP contribution in [-0.2, 0) is 9.53 Å².